The molecule has 0 saturated carbocycles. The Kier molecular flexibility index (Phi) is 6.31. The van der Waals surface area contributed by atoms with Gasteiger partial charge in [0.25, 0.3) is 5.91 Å². The predicted molar refractivity (Wildman–Crippen MR) is 99.5 cm³/mol. The van der Waals surface area contributed by atoms with E-state index >= 15 is 0 Å². The maximum atomic E-state index is 14.2. The van der Waals surface area contributed by atoms with Crippen LogP contribution in [0.25, 0.3) is 0 Å². The standard InChI is InChI=1S/C19H27FN4O/c1-6-24(5)10-9-17-18-13(3)16(19(25)23-22-14(18)4)11-15(20)8-7-12(2)21-17/h7,11,22H,6,8-10H2,1-5H3,(H,23,25)/b12-7+,15-11+,21-17?. The fourth-order valence-corrected chi connectivity index (χ4v) is 2.88. The maximum absolute atomic E-state index is 14.2. The largest absolute Gasteiger partial charge is 0.306 e. The topological polar surface area (TPSA) is 56.7 Å². The second kappa shape index (κ2) is 8.25. The molecular weight excluding hydrogens is 319 g/mol. The van der Waals surface area contributed by atoms with Gasteiger partial charge in [0.05, 0.1) is 5.71 Å². The lowest BCUT2D eigenvalue weighted by Crippen LogP contribution is -2.36. The van der Waals surface area contributed by atoms with E-state index in [-0.39, 0.29) is 18.2 Å². The summed E-state index contributed by atoms with van der Waals surface area (Å²) in [5.74, 6) is -0.694. The van der Waals surface area contributed by atoms with E-state index in [1.807, 2.05) is 20.8 Å². The number of carbonyl (C=O) groups is 1. The lowest BCUT2D eigenvalue weighted by atomic mass is 9.93. The third kappa shape index (κ3) is 4.66. The van der Waals surface area contributed by atoms with Crippen LogP contribution in [-0.2, 0) is 4.79 Å². The van der Waals surface area contributed by atoms with Gasteiger partial charge in [-0.25, -0.2) is 4.39 Å². The lowest BCUT2D eigenvalue weighted by Gasteiger charge is -2.19. The first-order valence-corrected chi connectivity index (χ1v) is 8.61. The quantitative estimate of drug-likeness (QED) is 0.822. The zero-order valence-electron chi connectivity index (χ0n) is 15.7. The summed E-state index contributed by atoms with van der Waals surface area (Å²) in [6.07, 6.45) is 3.96. The van der Waals surface area contributed by atoms with Gasteiger partial charge in [-0.1, -0.05) is 13.0 Å². The van der Waals surface area contributed by atoms with Gasteiger partial charge in [0.1, 0.15) is 5.83 Å². The number of hydrazine groups is 1. The summed E-state index contributed by atoms with van der Waals surface area (Å²) in [6.45, 7) is 9.54. The molecule has 2 N–H and O–H groups in total. The number of amides is 1. The lowest BCUT2D eigenvalue weighted by molar-refractivity contribution is -0.117. The Balaban J connectivity index is 2.59. The summed E-state index contributed by atoms with van der Waals surface area (Å²) in [5, 5.41) is 0. The molecule has 2 heterocycles. The highest BCUT2D eigenvalue weighted by Gasteiger charge is 2.24. The number of fused-ring (bicyclic) bond motifs is 1. The van der Waals surface area contributed by atoms with Crippen molar-refractivity contribution in [1.29, 1.82) is 0 Å². The molecule has 1 amide bonds. The Labute approximate surface area is 149 Å². The van der Waals surface area contributed by atoms with Gasteiger partial charge in [-0.3, -0.25) is 15.2 Å². The van der Waals surface area contributed by atoms with Crippen LogP contribution < -0.4 is 10.9 Å². The van der Waals surface area contributed by atoms with E-state index in [1.54, 1.807) is 6.08 Å². The number of allylic oxidation sites excluding steroid dienone is 6. The van der Waals surface area contributed by atoms with Gasteiger partial charge in [-0.15, -0.1) is 0 Å². The van der Waals surface area contributed by atoms with Crippen LogP contribution in [-0.4, -0.2) is 36.7 Å². The van der Waals surface area contributed by atoms with Crippen molar-refractivity contribution in [2.24, 2.45) is 4.99 Å². The first-order chi connectivity index (χ1) is 11.8. The number of halogens is 1. The summed E-state index contributed by atoms with van der Waals surface area (Å²) < 4.78 is 14.2. The highest BCUT2D eigenvalue weighted by molar-refractivity contribution is 6.09. The zero-order valence-corrected chi connectivity index (χ0v) is 15.7. The van der Waals surface area contributed by atoms with E-state index in [0.717, 1.165) is 47.8 Å². The van der Waals surface area contributed by atoms with E-state index in [9.17, 15) is 9.18 Å². The molecule has 0 spiro atoms. The van der Waals surface area contributed by atoms with Gasteiger partial charge in [-0.05, 0) is 46.0 Å². The average Bonchev–Trinajstić information content (AvgIpc) is 2.67. The van der Waals surface area contributed by atoms with Crippen LogP contribution in [0, 0.1) is 0 Å². The van der Waals surface area contributed by atoms with Crippen molar-refractivity contribution in [2.45, 2.75) is 40.5 Å². The molecule has 0 aromatic heterocycles. The van der Waals surface area contributed by atoms with Crippen LogP contribution in [0.1, 0.15) is 40.5 Å². The molecular formula is C19H27FN4O. The van der Waals surface area contributed by atoms with Gasteiger partial charge >= 0.3 is 0 Å². The van der Waals surface area contributed by atoms with Crippen molar-refractivity contribution in [3.8, 4) is 0 Å². The summed E-state index contributed by atoms with van der Waals surface area (Å²) in [5.41, 5.74) is 9.98. The Morgan fingerprint density at radius 3 is 2.68 bits per heavy atom. The van der Waals surface area contributed by atoms with E-state index in [4.69, 9.17) is 4.99 Å². The van der Waals surface area contributed by atoms with Crippen LogP contribution in [0.2, 0.25) is 0 Å². The van der Waals surface area contributed by atoms with E-state index in [0.29, 0.717) is 5.57 Å². The zero-order chi connectivity index (χ0) is 18.6. The fraction of sp³-hybridized carbons (Fsp3) is 0.474. The van der Waals surface area contributed by atoms with Crippen LogP contribution in [0.3, 0.4) is 0 Å². The number of hydrogen-bond acceptors (Lipinski definition) is 4. The first kappa shape index (κ1) is 19.1. The average molecular weight is 346 g/mol. The second-order valence-electron chi connectivity index (χ2n) is 6.46. The first-order valence-electron chi connectivity index (χ1n) is 8.61. The number of hydrogen-bond donors (Lipinski definition) is 2. The van der Waals surface area contributed by atoms with Gasteiger partial charge in [0.15, 0.2) is 0 Å². The summed E-state index contributed by atoms with van der Waals surface area (Å²) in [4.78, 5) is 19.3. The molecule has 136 valence electrons. The maximum Gasteiger partial charge on any atom is 0.269 e. The van der Waals surface area contributed by atoms with E-state index in [1.165, 1.54) is 6.08 Å². The number of aliphatic imine (C=N–C) groups is 1. The van der Waals surface area contributed by atoms with E-state index in [2.05, 4.69) is 29.7 Å². The predicted octanol–water partition coefficient (Wildman–Crippen LogP) is 3.16. The van der Waals surface area contributed by atoms with Crippen molar-refractivity contribution >= 4 is 11.6 Å². The molecule has 0 fully saturated rings. The molecule has 0 aliphatic carbocycles. The molecule has 2 aliphatic heterocycles. The van der Waals surface area contributed by atoms with Crippen LogP contribution in [0.5, 0.6) is 0 Å². The Bertz CT molecular complexity index is 713. The minimum Gasteiger partial charge on any atom is -0.306 e. The summed E-state index contributed by atoms with van der Waals surface area (Å²) in [6, 6.07) is 0. The van der Waals surface area contributed by atoms with Gasteiger partial charge < -0.3 is 10.3 Å². The van der Waals surface area contributed by atoms with Crippen molar-refractivity contribution in [2.75, 3.05) is 20.1 Å². The highest BCUT2D eigenvalue weighted by Crippen LogP contribution is 2.27. The third-order valence-corrected chi connectivity index (χ3v) is 4.53. The normalized spacial score (nSPS) is 23.2. The molecule has 0 unspecified atom stereocenters. The second-order valence-corrected chi connectivity index (χ2v) is 6.46. The molecule has 0 saturated heterocycles. The van der Waals surface area contributed by atoms with Gasteiger partial charge in [0.2, 0.25) is 0 Å². The monoisotopic (exact) mass is 346 g/mol. The smallest absolute Gasteiger partial charge is 0.269 e. The number of nitrogens with one attached hydrogen (secondary N) is 2. The molecule has 0 aromatic carbocycles. The Morgan fingerprint density at radius 2 is 2.00 bits per heavy atom. The molecule has 6 heteroatoms. The van der Waals surface area contributed by atoms with Crippen molar-refractivity contribution < 1.29 is 9.18 Å². The van der Waals surface area contributed by atoms with Crippen molar-refractivity contribution in [3.63, 3.8) is 0 Å². The molecule has 2 rings (SSSR count). The van der Waals surface area contributed by atoms with Crippen LogP contribution >= 0.6 is 0 Å². The molecule has 0 atom stereocenters. The Hall–Kier alpha value is -2.21. The van der Waals surface area contributed by atoms with Gasteiger partial charge in [0, 0.05) is 41.9 Å². The summed E-state index contributed by atoms with van der Waals surface area (Å²) in [7, 11) is 2.06. The van der Waals surface area contributed by atoms with Gasteiger partial charge in [-0.2, -0.15) is 0 Å². The molecule has 25 heavy (non-hydrogen) atoms. The number of rotatable bonds is 4. The SMILES string of the molecule is CCN(C)CCC1=N/C(C)=C/C/C(F)=C\C2=C(C)C1=C(C)NNC2=O. The van der Waals surface area contributed by atoms with Crippen molar-refractivity contribution in [1.82, 2.24) is 15.8 Å². The summed E-state index contributed by atoms with van der Waals surface area (Å²) >= 11 is 0. The number of nitrogens with zero attached hydrogens (tertiary/aromatic N) is 2. The highest BCUT2D eigenvalue weighted by atomic mass is 19.1. The molecule has 2 aliphatic rings. The molecule has 0 radical (unpaired) electrons. The minimum atomic E-state index is -0.355. The molecule has 0 aromatic rings. The van der Waals surface area contributed by atoms with E-state index < -0.39 is 0 Å². The van der Waals surface area contributed by atoms with Crippen molar-refractivity contribution in [3.05, 3.63) is 46.1 Å². The fourth-order valence-electron chi connectivity index (χ4n) is 2.88. The molecule has 2 bridgehead atoms. The van der Waals surface area contributed by atoms with Crippen LogP contribution in [0.15, 0.2) is 51.1 Å². The molecule has 5 nitrogen and oxygen atoms in total. The third-order valence-electron chi connectivity index (χ3n) is 4.53. The Morgan fingerprint density at radius 1 is 1.28 bits per heavy atom. The number of carbonyl (C=O) groups excluding carboxylic acids is 1. The van der Waals surface area contributed by atoms with Crippen LogP contribution in [0.4, 0.5) is 4.39 Å². The minimum absolute atomic E-state index is 0.132.